The molecule has 0 aliphatic rings. The number of aromatic nitrogens is 4. The van der Waals surface area contributed by atoms with Crippen molar-refractivity contribution in [2.45, 2.75) is 26.1 Å². The molecule has 0 aliphatic carbocycles. The summed E-state index contributed by atoms with van der Waals surface area (Å²) < 4.78 is 52.0. The fraction of sp³-hybridized carbons (Fsp3) is 0.267. The van der Waals surface area contributed by atoms with Gasteiger partial charge in [-0.15, -0.1) is 10.2 Å². The molecule has 2 heterocycles. The summed E-state index contributed by atoms with van der Waals surface area (Å²) in [5, 5.41) is 10.7. The highest BCUT2D eigenvalue weighted by Crippen LogP contribution is 2.29. The molecule has 0 radical (unpaired) electrons. The molecule has 0 aliphatic heterocycles. The van der Waals surface area contributed by atoms with Crippen LogP contribution < -0.4 is 0 Å². The Morgan fingerprint density at radius 2 is 1.88 bits per heavy atom. The van der Waals surface area contributed by atoms with Crippen molar-refractivity contribution in [2.24, 2.45) is 0 Å². The molecular formula is C15H11F3N4O4. The number of aryl methyl sites for hydroxylation is 1. The SMILES string of the molecule is Cc1nnc([C@@H](C)OC(=O)c2ccc(-c3noc(C(F)(F)F)n3)cc2)o1. The van der Waals surface area contributed by atoms with Crippen LogP contribution in [0.4, 0.5) is 13.2 Å². The van der Waals surface area contributed by atoms with E-state index in [2.05, 4.69) is 24.9 Å². The summed E-state index contributed by atoms with van der Waals surface area (Å²) in [7, 11) is 0. The molecular weight excluding hydrogens is 357 g/mol. The summed E-state index contributed by atoms with van der Waals surface area (Å²) in [4.78, 5) is 15.4. The zero-order valence-electron chi connectivity index (χ0n) is 13.4. The molecule has 11 heteroatoms. The Labute approximate surface area is 144 Å². The van der Waals surface area contributed by atoms with Gasteiger partial charge in [0.15, 0.2) is 6.10 Å². The van der Waals surface area contributed by atoms with Crippen molar-refractivity contribution in [3.63, 3.8) is 0 Å². The molecule has 0 amide bonds. The number of nitrogens with zero attached hydrogens (tertiary/aromatic N) is 4. The lowest BCUT2D eigenvalue weighted by Crippen LogP contribution is -2.09. The third-order valence-electron chi connectivity index (χ3n) is 3.22. The number of halogens is 3. The number of carbonyl (C=O) groups is 1. The minimum absolute atomic E-state index is 0.152. The molecule has 2 aromatic heterocycles. The first-order valence-corrected chi connectivity index (χ1v) is 7.26. The number of esters is 1. The Hall–Kier alpha value is -3.24. The van der Waals surface area contributed by atoms with E-state index in [1.807, 2.05) is 0 Å². The van der Waals surface area contributed by atoms with Crippen molar-refractivity contribution in [1.29, 1.82) is 0 Å². The Morgan fingerprint density at radius 1 is 1.19 bits per heavy atom. The highest BCUT2D eigenvalue weighted by molar-refractivity contribution is 5.90. The second kappa shape index (κ2) is 6.58. The van der Waals surface area contributed by atoms with Gasteiger partial charge in [-0.05, 0) is 19.1 Å². The van der Waals surface area contributed by atoms with E-state index in [0.717, 1.165) is 0 Å². The van der Waals surface area contributed by atoms with E-state index < -0.39 is 24.1 Å². The van der Waals surface area contributed by atoms with Crippen molar-refractivity contribution in [3.05, 3.63) is 47.5 Å². The van der Waals surface area contributed by atoms with E-state index in [1.165, 1.54) is 24.3 Å². The zero-order chi connectivity index (χ0) is 18.9. The summed E-state index contributed by atoms with van der Waals surface area (Å²) in [5.74, 6) is -1.86. The minimum atomic E-state index is -4.72. The van der Waals surface area contributed by atoms with E-state index in [9.17, 15) is 18.0 Å². The summed E-state index contributed by atoms with van der Waals surface area (Å²) in [6, 6.07) is 5.49. The number of carbonyl (C=O) groups excluding carboxylic acids is 1. The van der Waals surface area contributed by atoms with Gasteiger partial charge in [0.25, 0.3) is 5.89 Å². The summed E-state index contributed by atoms with van der Waals surface area (Å²) in [5.41, 5.74) is 0.428. The lowest BCUT2D eigenvalue weighted by Gasteiger charge is -2.09. The fourth-order valence-electron chi connectivity index (χ4n) is 1.97. The minimum Gasteiger partial charge on any atom is -0.449 e. The highest BCUT2D eigenvalue weighted by atomic mass is 19.4. The molecule has 136 valence electrons. The molecule has 0 spiro atoms. The summed E-state index contributed by atoms with van der Waals surface area (Å²) >= 11 is 0. The third kappa shape index (κ3) is 3.71. The Kier molecular flexibility index (Phi) is 4.45. The lowest BCUT2D eigenvalue weighted by molar-refractivity contribution is -0.159. The first-order chi connectivity index (χ1) is 12.2. The number of rotatable bonds is 4. The third-order valence-corrected chi connectivity index (χ3v) is 3.22. The number of hydrogen-bond donors (Lipinski definition) is 0. The van der Waals surface area contributed by atoms with Gasteiger partial charge in [0.05, 0.1) is 5.56 Å². The molecule has 0 bridgehead atoms. The molecule has 0 fully saturated rings. The topological polar surface area (TPSA) is 104 Å². The monoisotopic (exact) mass is 368 g/mol. The second-order valence-electron chi connectivity index (χ2n) is 5.21. The largest absolute Gasteiger partial charge is 0.471 e. The molecule has 3 rings (SSSR count). The van der Waals surface area contributed by atoms with Crippen LogP contribution in [0.3, 0.4) is 0 Å². The number of ether oxygens (including phenoxy) is 1. The molecule has 0 saturated carbocycles. The second-order valence-corrected chi connectivity index (χ2v) is 5.21. The normalized spacial score (nSPS) is 12.8. The van der Waals surface area contributed by atoms with E-state index in [-0.39, 0.29) is 22.8 Å². The van der Waals surface area contributed by atoms with Gasteiger partial charge in [-0.2, -0.15) is 18.2 Å². The van der Waals surface area contributed by atoms with Gasteiger partial charge >= 0.3 is 18.0 Å². The predicted octanol–water partition coefficient (Wildman–Crippen LogP) is 3.36. The van der Waals surface area contributed by atoms with Gasteiger partial charge in [-0.3, -0.25) is 0 Å². The standard InChI is InChI=1S/C15H11F3N4O4/c1-7(12-21-20-8(2)25-12)24-13(23)10-5-3-9(4-6-10)11-19-14(26-22-11)15(16,17)18/h3-7H,1-2H3/t7-/m1/s1. The first kappa shape index (κ1) is 17.6. The Balaban J connectivity index is 1.71. The van der Waals surface area contributed by atoms with E-state index in [0.29, 0.717) is 5.89 Å². The van der Waals surface area contributed by atoms with Crippen LogP contribution in [-0.2, 0) is 10.9 Å². The molecule has 0 N–H and O–H groups in total. The predicted molar refractivity (Wildman–Crippen MR) is 77.6 cm³/mol. The molecule has 0 saturated heterocycles. The summed E-state index contributed by atoms with van der Waals surface area (Å²) in [6.45, 7) is 3.17. The Morgan fingerprint density at radius 3 is 2.42 bits per heavy atom. The zero-order valence-corrected chi connectivity index (χ0v) is 13.4. The van der Waals surface area contributed by atoms with Gasteiger partial charge in [0, 0.05) is 12.5 Å². The number of hydrogen-bond acceptors (Lipinski definition) is 8. The fourth-order valence-corrected chi connectivity index (χ4v) is 1.97. The number of benzene rings is 1. The van der Waals surface area contributed by atoms with Crippen molar-refractivity contribution < 1.29 is 31.6 Å². The van der Waals surface area contributed by atoms with Gasteiger partial charge in [-0.25, -0.2) is 4.79 Å². The van der Waals surface area contributed by atoms with Crippen molar-refractivity contribution in [3.8, 4) is 11.4 Å². The van der Waals surface area contributed by atoms with Gasteiger partial charge in [0.1, 0.15) is 0 Å². The average Bonchev–Trinajstić information content (AvgIpc) is 3.23. The quantitative estimate of drug-likeness (QED) is 0.646. The summed E-state index contributed by atoms with van der Waals surface area (Å²) in [6.07, 6.45) is -5.48. The first-order valence-electron chi connectivity index (χ1n) is 7.26. The Bertz CT molecular complexity index is 918. The van der Waals surface area contributed by atoms with Gasteiger partial charge < -0.3 is 13.7 Å². The molecule has 3 aromatic rings. The average molecular weight is 368 g/mol. The molecule has 1 aromatic carbocycles. The van der Waals surface area contributed by atoms with Crippen molar-refractivity contribution >= 4 is 5.97 Å². The van der Waals surface area contributed by atoms with Crippen LogP contribution in [-0.4, -0.2) is 26.3 Å². The van der Waals surface area contributed by atoms with E-state index in [1.54, 1.807) is 13.8 Å². The van der Waals surface area contributed by atoms with Gasteiger partial charge in [-0.1, -0.05) is 17.3 Å². The van der Waals surface area contributed by atoms with Crippen molar-refractivity contribution in [2.75, 3.05) is 0 Å². The molecule has 8 nitrogen and oxygen atoms in total. The van der Waals surface area contributed by atoms with Crippen molar-refractivity contribution in [1.82, 2.24) is 20.3 Å². The van der Waals surface area contributed by atoms with Crippen LogP contribution in [0.15, 0.2) is 33.2 Å². The van der Waals surface area contributed by atoms with Crippen LogP contribution in [0, 0.1) is 6.92 Å². The molecule has 1 atom stereocenters. The number of alkyl halides is 3. The van der Waals surface area contributed by atoms with E-state index >= 15 is 0 Å². The van der Waals surface area contributed by atoms with E-state index in [4.69, 9.17) is 9.15 Å². The maximum atomic E-state index is 12.5. The van der Waals surface area contributed by atoms with Crippen LogP contribution >= 0.6 is 0 Å². The van der Waals surface area contributed by atoms with Gasteiger partial charge in [0.2, 0.25) is 11.7 Å². The smallest absolute Gasteiger partial charge is 0.449 e. The van der Waals surface area contributed by atoms with Crippen LogP contribution in [0.2, 0.25) is 0 Å². The van der Waals surface area contributed by atoms with Crippen LogP contribution in [0.25, 0.3) is 11.4 Å². The molecule has 0 unspecified atom stereocenters. The van der Waals surface area contributed by atoms with Crippen LogP contribution in [0.1, 0.15) is 41.1 Å². The maximum Gasteiger partial charge on any atom is 0.471 e. The highest BCUT2D eigenvalue weighted by Gasteiger charge is 2.38. The van der Waals surface area contributed by atoms with Crippen LogP contribution in [0.5, 0.6) is 0 Å². The lowest BCUT2D eigenvalue weighted by atomic mass is 10.1. The maximum absolute atomic E-state index is 12.5. The molecule has 26 heavy (non-hydrogen) atoms.